The Balaban J connectivity index is 1.57. The van der Waals surface area contributed by atoms with Gasteiger partial charge in [-0.2, -0.15) is 0 Å². The Morgan fingerprint density at radius 2 is 1.58 bits per heavy atom. The highest BCUT2D eigenvalue weighted by Crippen LogP contribution is 2.39. The van der Waals surface area contributed by atoms with Crippen molar-refractivity contribution in [3.63, 3.8) is 0 Å². The quantitative estimate of drug-likeness (QED) is 0.734. The third-order valence-electron chi connectivity index (χ3n) is 5.84. The highest BCUT2D eigenvalue weighted by molar-refractivity contribution is 5.58. The van der Waals surface area contributed by atoms with Gasteiger partial charge in [-0.1, -0.05) is 38.5 Å². The lowest BCUT2D eigenvalue weighted by atomic mass is 10.1. The molecule has 2 N–H and O–H groups in total. The van der Waals surface area contributed by atoms with Crippen molar-refractivity contribution in [2.45, 2.75) is 39.2 Å². The maximum atomic E-state index is 6.18. The number of fused-ring (bicyclic) bond motifs is 1. The van der Waals surface area contributed by atoms with Gasteiger partial charge in [0, 0.05) is 52.4 Å². The SMILES string of the molecule is CCCCN1CCN(CCN2C(CN)c3ccccc3N2CCC)CC1. The van der Waals surface area contributed by atoms with Crippen LogP contribution in [0.2, 0.25) is 0 Å². The molecule has 0 spiro atoms. The first-order chi connectivity index (χ1) is 12.8. The summed E-state index contributed by atoms with van der Waals surface area (Å²) in [5, 5.41) is 5.00. The second-order valence-corrected chi connectivity index (χ2v) is 7.63. The molecular weight excluding hydrogens is 322 g/mol. The Labute approximate surface area is 159 Å². The lowest BCUT2D eigenvalue weighted by Crippen LogP contribution is -2.51. The number of piperazine rings is 1. The average molecular weight is 360 g/mol. The zero-order chi connectivity index (χ0) is 18.4. The number of benzene rings is 1. The number of para-hydroxylation sites is 1. The third-order valence-corrected chi connectivity index (χ3v) is 5.84. The van der Waals surface area contributed by atoms with Crippen LogP contribution in [0.1, 0.15) is 44.7 Å². The normalized spacial score (nSPS) is 22.1. The third kappa shape index (κ3) is 4.39. The van der Waals surface area contributed by atoms with Crippen LogP contribution in [0.5, 0.6) is 0 Å². The maximum absolute atomic E-state index is 6.18. The smallest absolute Gasteiger partial charge is 0.0686 e. The lowest BCUT2D eigenvalue weighted by Gasteiger charge is -2.38. The molecule has 26 heavy (non-hydrogen) atoms. The fourth-order valence-corrected chi connectivity index (χ4v) is 4.32. The molecule has 1 atom stereocenters. The van der Waals surface area contributed by atoms with E-state index in [-0.39, 0.29) is 0 Å². The molecule has 1 aromatic rings. The summed E-state index contributed by atoms with van der Waals surface area (Å²) in [4.78, 5) is 5.25. The van der Waals surface area contributed by atoms with Crippen molar-refractivity contribution in [1.82, 2.24) is 14.8 Å². The standard InChI is InChI=1S/C21H37N5/c1-3-5-11-23-12-14-24(15-13-23)16-17-26-21(18-22)19-8-6-7-9-20(19)25(26)10-4-2/h6-9,21H,3-5,10-18,22H2,1-2H3. The number of nitrogens with two attached hydrogens (primary N) is 1. The summed E-state index contributed by atoms with van der Waals surface area (Å²) < 4.78 is 0. The molecule has 0 aliphatic carbocycles. The molecule has 0 radical (unpaired) electrons. The van der Waals surface area contributed by atoms with Crippen LogP contribution >= 0.6 is 0 Å². The molecule has 0 aromatic heterocycles. The average Bonchev–Trinajstić information content (AvgIpc) is 2.98. The van der Waals surface area contributed by atoms with Crippen LogP contribution < -0.4 is 10.7 Å². The number of unbranched alkanes of at least 4 members (excludes halogenated alkanes) is 1. The van der Waals surface area contributed by atoms with Gasteiger partial charge in [-0.15, -0.1) is 0 Å². The summed E-state index contributed by atoms with van der Waals surface area (Å²) in [6, 6.07) is 9.12. The van der Waals surface area contributed by atoms with Crippen molar-refractivity contribution in [1.29, 1.82) is 0 Å². The topological polar surface area (TPSA) is 39.0 Å². The second kappa shape index (κ2) is 9.70. The zero-order valence-corrected chi connectivity index (χ0v) is 16.7. The first-order valence-electron chi connectivity index (χ1n) is 10.6. The van der Waals surface area contributed by atoms with Crippen molar-refractivity contribution in [2.75, 3.05) is 63.9 Å². The van der Waals surface area contributed by atoms with E-state index >= 15 is 0 Å². The Bertz CT molecular complexity index is 541. The fraction of sp³-hybridized carbons (Fsp3) is 0.714. The fourth-order valence-electron chi connectivity index (χ4n) is 4.32. The highest BCUT2D eigenvalue weighted by Gasteiger charge is 2.34. The van der Waals surface area contributed by atoms with Crippen molar-refractivity contribution in [2.24, 2.45) is 5.73 Å². The van der Waals surface area contributed by atoms with Crippen molar-refractivity contribution in [3.05, 3.63) is 29.8 Å². The molecule has 1 unspecified atom stereocenters. The molecule has 1 saturated heterocycles. The van der Waals surface area contributed by atoms with Crippen molar-refractivity contribution in [3.8, 4) is 0 Å². The highest BCUT2D eigenvalue weighted by atomic mass is 15.7. The molecule has 5 heteroatoms. The predicted octanol–water partition coefficient (Wildman–Crippen LogP) is 2.55. The van der Waals surface area contributed by atoms with Gasteiger partial charge in [0.15, 0.2) is 0 Å². The van der Waals surface area contributed by atoms with Gasteiger partial charge in [-0.25, -0.2) is 5.01 Å². The molecule has 2 aliphatic rings. The van der Waals surface area contributed by atoms with Crippen LogP contribution in [0.25, 0.3) is 0 Å². The largest absolute Gasteiger partial charge is 0.329 e. The number of hydrogen-bond donors (Lipinski definition) is 1. The molecule has 0 bridgehead atoms. The summed E-state index contributed by atoms with van der Waals surface area (Å²) in [6.07, 6.45) is 3.78. The van der Waals surface area contributed by atoms with Gasteiger partial charge in [0.05, 0.1) is 11.7 Å². The summed E-state index contributed by atoms with van der Waals surface area (Å²) in [5.74, 6) is 0. The Kier molecular flexibility index (Phi) is 7.32. The molecule has 1 aromatic carbocycles. The van der Waals surface area contributed by atoms with E-state index in [0.717, 1.165) is 26.1 Å². The van der Waals surface area contributed by atoms with E-state index in [1.165, 1.54) is 56.8 Å². The van der Waals surface area contributed by atoms with Crippen LogP contribution in [0.4, 0.5) is 5.69 Å². The molecule has 2 aliphatic heterocycles. The first-order valence-corrected chi connectivity index (χ1v) is 10.6. The van der Waals surface area contributed by atoms with E-state index in [9.17, 15) is 0 Å². The summed E-state index contributed by atoms with van der Waals surface area (Å²) in [6.45, 7) is 14.6. The Hall–Kier alpha value is -1.14. The Morgan fingerprint density at radius 1 is 0.885 bits per heavy atom. The molecule has 3 rings (SSSR count). The second-order valence-electron chi connectivity index (χ2n) is 7.63. The van der Waals surface area contributed by atoms with E-state index < -0.39 is 0 Å². The van der Waals surface area contributed by atoms with Gasteiger partial charge in [0.25, 0.3) is 0 Å². The first kappa shape index (κ1) is 19.6. The summed E-state index contributed by atoms with van der Waals surface area (Å²) >= 11 is 0. The summed E-state index contributed by atoms with van der Waals surface area (Å²) in [7, 11) is 0. The van der Waals surface area contributed by atoms with Crippen LogP contribution in [0, 0.1) is 0 Å². The van der Waals surface area contributed by atoms with Crippen LogP contribution in [-0.2, 0) is 0 Å². The van der Waals surface area contributed by atoms with Gasteiger partial charge >= 0.3 is 0 Å². The number of hydrogen-bond acceptors (Lipinski definition) is 5. The molecule has 146 valence electrons. The summed E-state index contributed by atoms with van der Waals surface area (Å²) in [5.41, 5.74) is 8.93. The van der Waals surface area contributed by atoms with Crippen LogP contribution in [0.3, 0.4) is 0 Å². The lowest BCUT2D eigenvalue weighted by molar-refractivity contribution is 0.107. The van der Waals surface area contributed by atoms with Gasteiger partial charge in [0.2, 0.25) is 0 Å². The van der Waals surface area contributed by atoms with Crippen molar-refractivity contribution >= 4 is 5.69 Å². The monoisotopic (exact) mass is 359 g/mol. The van der Waals surface area contributed by atoms with E-state index in [1.54, 1.807) is 0 Å². The maximum Gasteiger partial charge on any atom is 0.0686 e. The van der Waals surface area contributed by atoms with E-state index in [0.29, 0.717) is 12.6 Å². The predicted molar refractivity (Wildman–Crippen MR) is 110 cm³/mol. The van der Waals surface area contributed by atoms with E-state index in [1.807, 2.05) is 0 Å². The van der Waals surface area contributed by atoms with Gasteiger partial charge in [-0.3, -0.25) is 4.90 Å². The van der Waals surface area contributed by atoms with Crippen LogP contribution in [0.15, 0.2) is 24.3 Å². The van der Waals surface area contributed by atoms with E-state index in [4.69, 9.17) is 5.73 Å². The van der Waals surface area contributed by atoms with Gasteiger partial charge < -0.3 is 15.6 Å². The number of hydrazine groups is 1. The van der Waals surface area contributed by atoms with Crippen LogP contribution in [-0.4, -0.2) is 73.7 Å². The minimum atomic E-state index is 0.323. The van der Waals surface area contributed by atoms with Crippen molar-refractivity contribution < 1.29 is 0 Å². The van der Waals surface area contributed by atoms with E-state index in [2.05, 4.69) is 57.9 Å². The molecule has 1 fully saturated rings. The van der Waals surface area contributed by atoms with Gasteiger partial charge in [0.1, 0.15) is 0 Å². The minimum Gasteiger partial charge on any atom is -0.329 e. The molecule has 5 nitrogen and oxygen atoms in total. The minimum absolute atomic E-state index is 0.323. The number of nitrogens with zero attached hydrogens (tertiary/aromatic N) is 4. The zero-order valence-electron chi connectivity index (χ0n) is 16.7. The number of anilines is 1. The molecule has 0 amide bonds. The number of rotatable bonds is 9. The molecule has 2 heterocycles. The van der Waals surface area contributed by atoms with Gasteiger partial charge in [-0.05, 0) is 31.0 Å². The molecular formula is C21H37N5. The Morgan fingerprint density at radius 3 is 2.23 bits per heavy atom. The molecule has 0 saturated carbocycles.